The van der Waals surface area contributed by atoms with Gasteiger partial charge < -0.3 is 4.57 Å². The Morgan fingerprint density at radius 3 is 2.32 bits per heavy atom. The Hall–Kier alpha value is -3.40. The molecule has 0 aliphatic heterocycles. The molecule has 0 atom stereocenters. The van der Waals surface area contributed by atoms with Crippen LogP contribution in [-0.2, 0) is 23.0 Å². The van der Waals surface area contributed by atoms with Crippen molar-refractivity contribution in [2.45, 2.75) is 39.2 Å². The number of halogens is 3. The lowest BCUT2D eigenvalue weighted by Crippen LogP contribution is -2.30. The number of aryl methyl sites for hydroxylation is 3. The van der Waals surface area contributed by atoms with E-state index in [9.17, 15) is 21.6 Å². The summed E-state index contributed by atoms with van der Waals surface area (Å²) in [5, 5.41) is 0. The summed E-state index contributed by atoms with van der Waals surface area (Å²) in [4.78, 5) is 9.42. The Morgan fingerprint density at radius 1 is 1.00 bits per heavy atom. The zero-order chi connectivity index (χ0) is 24.7. The molecule has 0 saturated carbocycles. The number of hydrogen-bond donors (Lipinski definition) is 1. The Labute approximate surface area is 195 Å². The highest BCUT2D eigenvalue weighted by Gasteiger charge is 2.46. The van der Waals surface area contributed by atoms with E-state index in [-0.39, 0.29) is 5.69 Å². The van der Waals surface area contributed by atoms with Gasteiger partial charge in [-0.1, -0.05) is 49.4 Å². The molecule has 0 unspecified atom stereocenters. The van der Waals surface area contributed by atoms with Crippen LogP contribution in [0.5, 0.6) is 0 Å². The van der Waals surface area contributed by atoms with E-state index in [0.29, 0.717) is 17.7 Å². The van der Waals surface area contributed by atoms with Crippen LogP contribution in [0, 0.1) is 13.8 Å². The van der Waals surface area contributed by atoms with Gasteiger partial charge in [0.05, 0.1) is 12.2 Å². The predicted octanol–water partition coefficient (Wildman–Crippen LogP) is 5.59. The van der Waals surface area contributed by atoms with E-state index in [1.165, 1.54) is 12.1 Å². The lowest BCUT2D eigenvalue weighted by Gasteiger charge is -2.15. The third kappa shape index (κ3) is 4.50. The maximum atomic E-state index is 12.8. The lowest BCUT2D eigenvalue weighted by molar-refractivity contribution is -0.0429. The maximum absolute atomic E-state index is 12.8. The highest BCUT2D eigenvalue weighted by Crippen LogP contribution is 2.32. The summed E-state index contributed by atoms with van der Waals surface area (Å²) in [6.45, 7) is 6.50. The van der Waals surface area contributed by atoms with Crippen LogP contribution >= 0.6 is 0 Å². The molecule has 1 N–H and O–H groups in total. The van der Waals surface area contributed by atoms with Gasteiger partial charge in [-0.3, -0.25) is 4.72 Å². The van der Waals surface area contributed by atoms with E-state index in [4.69, 9.17) is 4.98 Å². The fourth-order valence-electron chi connectivity index (χ4n) is 3.88. The molecule has 0 aliphatic rings. The molecule has 0 bridgehead atoms. The second-order valence-electron chi connectivity index (χ2n) is 8.01. The van der Waals surface area contributed by atoms with Crippen molar-refractivity contribution in [2.24, 2.45) is 0 Å². The SMILES string of the molecule is CCc1nc2c(C)cc(C)nc2n1Cc1ccc(-c2ccccc2NS(=O)(=O)C(F)(F)F)cc1. The molecule has 0 fully saturated rings. The molecular weight excluding hydrogens is 465 g/mol. The molecule has 0 aliphatic carbocycles. The number of aromatic nitrogens is 3. The normalized spacial score (nSPS) is 12.3. The van der Waals surface area contributed by atoms with Crippen LogP contribution in [0.1, 0.15) is 29.6 Å². The number of hydrogen-bond acceptors (Lipinski definition) is 4. The van der Waals surface area contributed by atoms with Crippen molar-refractivity contribution < 1.29 is 21.6 Å². The number of benzene rings is 2. The van der Waals surface area contributed by atoms with Crippen LogP contribution in [0.4, 0.5) is 18.9 Å². The first-order valence-corrected chi connectivity index (χ1v) is 12.1. The number of nitrogens with zero attached hydrogens (tertiary/aromatic N) is 3. The third-order valence-electron chi connectivity index (χ3n) is 5.50. The summed E-state index contributed by atoms with van der Waals surface area (Å²) < 4.78 is 65.5. The van der Waals surface area contributed by atoms with Crippen LogP contribution in [0.2, 0.25) is 0 Å². The van der Waals surface area contributed by atoms with Gasteiger partial charge in [0.15, 0.2) is 5.65 Å². The molecule has 2 heterocycles. The Bertz CT molecular complexity index is 1460. The Balaban J connectivity index is 1.67. The summed E-state index contributed by atoms with van der Waals surface area (Å²) in [5.74, 6) is 0.909. The highest BCUT2D eigenvalue weighted by atomic mass is 32.2. The number of nitrogens with one attached hydrogen (secondary N) is 1. The first-order valence-electron chi connectivity index (χ1n) is 10.6. The van der Waals surface area contributed by atoms with Gasteiger partial charge in [0.2, 0.25) is 0 Å². The van der Waals surface area contributed by atoms with E-state index >= 15 is 0 Å². The van der Waals surface area contributed by atoms with E-state index < -0.39 is 15.5 Å². The average Bonchev–Trinajstić information content (AvgIpc) is 3.11. The molecule has 0 radical (unpaired) electrons. The summed E-state index contributed by atoms with van der Waals surface area (Å²) in [7, 11) is -5.53. The molecule has 4 rings (SSSR count). The van der Waals surface area contributed by atoms with Crippen LogP contribution in [0.15, 0.2) is 54.6 Å². The zero-order valence-corrected chi connectivity index (χ0v) is 19.6. The summed E-state index contributed by atoms with van der Waals surface area (Å²) in [6.07, 6.45) is 0.736. The highest BCUT2D eigenvalue weighted by molar-refractivity contribution is 7.93. The average molecular weight is 489 g/mol. The van der Waals surface area contributed by atoms with E-state index in [1.807, 2.05) is 39.0 Å². The molecule has 6 nitrogen and oxygen atoms in total. The Morgan fingerprint density at radius 2 is 1.68 bits per heavy atom. The first-order chi connectivity index (χ1) is 16.0. The van der Waals surface area contributed by atoms with Crippen LogP contribution in [0.25, 0.3) is 22.3 Å². The predicted molar refractivity (Wildman–Crippen MR) is 126 cm³/mol. The largest absolute Gasteiger partial charge is 0.516 e. The van der Waals surface area contributed by atoms with Gasteiger partial charge >= 0.3 is 15.5 Å². The molecule has 0 saturated heterocycles. The number of para-hydroxylation sites is 1. The summed E-state index contributed by atoms with van der Waals surface area (Å²) >= 11 is 0. The van der Waals surface area contributed by atoms with Gasteiger partial charge in [-0.25, -0.2) is 9.97 Å². The molecule has 34 heavy (non-hydrogen) atoms. The molecule has 0 spiro atoms. The fraction of sp³-hybridized carbons (Fsp3) is 0.250. The second-order valence-corrected chi connectivity index (χ2v) is 9.69. The third-order valence-corrected chi connectivity index (χ3v) is 6.60. The smallest absolute Gasteiger partial charge is 0.308 e. The number of rotatable bonds is 6. The molecular formula is C24H23F3N4O2S. The van der Waals surface area contributed by atoms with Crippen molar-refractivity contribution in [1.82, 2.24) is 14.5 Å². The van der Waals surface area contributed by atoms with Crippen molar-refractivity contribution in [3.63, 3.8) is 0 Å². The van der Waals surface area contributed by atoms with E-state index in [1.54, 1.807) is 29.0 Å². The van der Waals surface area contributed by atoms with Crippen molar-refractivity contribution >= 4 is 26.9 Å². The van der Waals surface area contributed by atoms with Gasteiger partial charge in [0.1, 0.15) is 11.3 Å². The van der Waals surface area contributed by atoms with E-state index in [0.717, 1.165) is 40.2 Å². The summed E-state index contributed by atoms with van der Waals surface area (Å²) in [6, 6.07) is 15.2. The minimum absolute atomic E-state index is 0.142. The molecule has 10 heteroatoms. The Kier molecular flexibility index (Phi) is 6.11. The molecule has 0 amide bonds. The number of fused-ring (bicyclic) bond motifs is 1. The van der Waals surface area contributed by atoms with Crippen LogP contribution in [-0.4, -0.2) is 28.5 Å². The van der Waals surface area contributed by atoms with Gasteiger partial charge in [-0.05, 0) is 42.7 Å². The van der Waals surface area contributed by atoms with Gasteiger partial charge in [0, 0.05) is 17.7 Å². The van der Waals surface area contributed by atoms with Crippen molar-refractivity contribution in [3.05, 3.63) is 77.2 Å². The number of anilines is 1. The van der Waals surface area contributed by atoms with Gasteiger partial charge in [-0.2, -0.15) is 21.6 Å². The van der Waals surface area contributed by atoms with Crippen molar-refractivity contribution in [2.75, 3.05) is 4.72 Å². The topological polar surface area (TPSA) is 76.9 Å². The first kappa shape index (κ1) is 23.7. The summed E-state index contributed by atoms with van der Waals surface area (Å²) in [5.41, 5.74) is -0.0261. The quantitative estimate of drug-likeness (QED) is 0.384. The van der Waals surface area contributed by atoms with Crippen LogP contribution in [0.3, 0.4) is 0 Å². The fourth-order valence-corrected chi connectivity index (χ4v) is 4.47. The standard InChI is InChI=1S/C24H23F3N4O2S/c1-4-21-29-22-15(2)13-16(3)28-23(22)31(21)14-17-9-11-18(12-10-17)19-7-5-6-8-20(19)30-34(32,33)24(25,26)27/h5-13,30H,4,14H2,1-3H3. The van der Waals surface area contributed by atoms with E-state index in [2.05, 4.69) is 9.55 Å². The monoisotopic (exact) mass is 488 g/mol. The number of pyridine rings is 1. The minimum atomic E-state index is -5.53. The number of alkyl halides is 3. The molecule has 178 valence electrons. The minimum Gasteiger partial charge on any atom is -0.308 e. The maximum Gasteiger partial charge on any atom is 0.516 e. The van der Waals surface area contributed by atoms with Crippen molar-refractivity contribution in [1.29, 1.82) is 0 Å². The molecule has 2 aromatic heterocycles. The van der Waals surface area contributed by atoms with Crippen molar-refractivity contribution in [3.8, 4) is 11.1 Å². The van der Waals surface area contributed by atoms with Crippen LogP contribution < -0.4 is 4.72 Å². The van der Waals surface area contributed by atoms with Gasteiger partial charge in [-0.15, -0.1) is 0 Å². The lowest BCUT2D eigenvalue weighted by atomic mass is 10.0. The molecule has 4 aromatic rings. The molecule has 2 aromatic carbocycles. The number of sulfonamides is 1. The number of imidazole rings is 1. The second kappa shape index (κ2) is 8.75. The van der Waals surface area contributed by atoms with Gasteiger partial charge in [0.25, 0.3) is 0 Å². The zero-order valence-electron chi connectivity index (χ0n) is 18.8.